The second-order valence-electron chi connectivity index (χ2n) is 7.29. The van der Waals surface area contributed by atoms with Crippen molar-refractivity contribution in [2.75, 3.05) is 32.7 Å². The van der Waals surface area contributed by atoms with Gasteiger partial charge in [0.15, 0.2) is 0 Å². The molecule has 2 heteroatoms. The van der Waals surface area contributed by atoms with Crippen LogP contribution in [0.25, 0.3) is 0 Å². The summed E-state index contributed by atoms with van der Waals surface area (Å²) in [5.74, 6) is 0.922. The van der Waals surface area contributed by atoms with Crippen molar-refractivity contribution in [1.29, 1.82) is 0 Å². The summed E-state index contributed by atoms with van der Waals surface area (Å²) in [4.78, 5) is 2.64. The fourth-order valence-corrected chi connectivity index (χ4v) is 3.06. The molecular weight excluding hydrogens is 232 g/mol. The number of unbranched alkanes of at least 4 members (excludes halogenated alkanes) is 3. The highest BCUT2D eigenvalue weighted by atomic mass is 15.1. The third kappa shape index (κ3) is 7.31. The van der Waals surface area contributed by atoms with Gasteiger partial charge in [-0.3, -0.25) is 0 Å². The standard InChI is InChI=1S/C17H36N2/c1-5-6-7-8-11-18-12-15-19-13-9-16(10-14-19)17(2,3)4/h16,18H,5-15H2,1-4H3. The predicted octanol–water partition coefficient (Wildman–Crippen LogP) is 3.91. The van der Waals surface area contributed by atoms with Crippen molar-refractivity contribution in [3.8, 4) is 0 Å². The molecule has 0 amide bonds. The van der Waals surface area contributed by atoms with E-state index in [2.05, 4.69) is 37.9 Å². The summed E-state index contributed by atoms with van der Waals surface area (Å²) in [6, 6.07) is 0. The lowest BCUT2D eigenvalue weighted by atomic mass is 9.75. The molecule has 0 saturated carbocycles. The lowest BCUT2D eigenvalue weighted by molar-refractivity contribution is 0.113. The Hall–Kier alpha value is -0.0800. The predicted molar refractivity (Wildman–Crippen MR) is 85.6 cm³/mol. The number of nitrogens with one attached hydrogen (secondary N) is 1. The van der Waals surface area contributed by atoms with Gasteiger partial charge in [-0.05, 0) is 50.2 Å². The minimum absolute atomic E-state index is 0.504. The van der Waals surface area contributed by atoms with Crippen molar-refractivity contribution in [3.05, 3.63) is 0 Å². The largest absolute Gasteiger partial charge is 0.315 e. The molecule has 0 atom stereocenters. The van der Waals surface area contributed by atoms with Crippen LogP contribution in [-0.2, 0) is 0 Å². The van der Waals surface area contributed by atoms with Crippen LogP contribution in [0.2, 0.25) is 0 Å². The van der Waals surface area contributed by atoms with Gasteiger partial charge >= 0.3 is 0 Å². The molecule has 0 radical (unpaired) electrons. The monoisotopic (exact) mass is 268 g/mol. The van der Waals surface area contributed by atoms with Gasteiger partial charge in [0.25, 0.3) is 0 Å². The Balaban J connectivity index is 1.98. The van der Waals surface area contributed by atoms with E-state index in [9.17, 15) is 0 Å². The molecule has 0 bridgehead atoms. The van der Waals surface area contributed by atoms with Gasteiger partial charge in [0.2, 0.25) is 0 Å². The van der Waals surface area contributed by atoms with Crippen molar-refractivity contribution in [1.82, 2.24) is 10.2 Å². The zero-order chi connectivity index (χ0) is 14.1. The van der Waals surface area contributed by atoms with Crippen molar-refractivity contribution >= 4 is 0 Å². The lowest BCUT2D eigenvalue weighted by Gasteiger charge is -2.38. The lowest BCUT2D eigenvalue weighted by Crippen LogP contribution is -2.41. The van der Waals surface area contributed by atoms with E-state index < -0.39 is 0 Å². The Kier molecular flexibility index (Phi) is 8.01. The third-order valence-corrected chi connectivity index (χ3v) is 4.62. The van der Waals surface area contributed by atoms with Crippen molar-refractivity contribution in [3.63, 3.8) is 0 Å². The molecule has 0 aromatic heterocycles. The highest BCUT2D eigenvalue weighted by Gasteiger charge is 2.28. The van der Waals surface area contributed by atoms with Crippen molar-refractivity contribution < 1.29 is 0 Å². The maximum Gasteiger partial charge on any atom is 0.0107 e. The van der Waals surface area contributed by atoms with Gasteiger partial charge in [0.1, 0.15) is 0 Å². The molecule has 1 fully saturated rings. The SMILES string of the molecule is CCCCCCNCCN1CCC(C(C)(C)C)CC1. The fraction of sp³-hybridized carbons (Fsp3) is 1.00. The zero-order valence-electron chi connectivity index (χ0n) is 13.8. The van der Waals surface area contributed by atoms with Gasteiger partial charge in [0.05, 0.1) is 0 Å². The number of hydrogen-bond acceptors (Lipinski definition) is 2. The van der Waals surface area contributed by atoms with Crippen LogP contribution in [0, 0.1) is 11.3 Å². The highest BCUT2D eigenvalue weighted by molar-refractivity contribution is 4.80. The second kappa shape index (κ2) is 8.97. The summed E-state index contributed by atoms with van der Waals surface area (Å²) in [5, 5.41) is 3.59. The molecule has 1 aliphatic rings. The van der Waals surface area contributed by atoms with E-state index in [1.54, 1.807) is 0 Å². The zero-order valence-corrected chi connectivity index (χ0v) is 13.8. The van der Waals surface area contributed by atoms with E-state index in [1.807, 2.05) is 0 Å². The van der Waals surface area contributed by atoms with E-state index in [1.165, 1.54) is 71.2 Å². The molecule has 0 aromatic rings. The van der Waals surface area contributed by atoms with Crippen LogP contribution in [0.15, 0.2) is 0 Å². The van der Waals surface area contributed by atoms with Gasteiger partial charge in [-0.1, -0.05) is 47.0 Å². The smallest absolute Gasteiger partial charge is 0.0107 e. The molecule has 1 rings (SSSR count). The first-order chi connectivity index (χ1) is 9.04. The quantitative estimate of drug-likeness (QED) is 0.671. The van der Waals surface area contributed by atoms with Crippen LogP contribution in [0.5, 0.6) is 0 Å². The number of piperidine rings is 1. The first-order valence-corrected chi connectivity index (χ1v) is 8.47. The van der Waals surface area contributed by atoms with Crippen LogP contribution < -0.4 is 5.32 Å². The van der Waals surface area contributed by atoms with Gasteiger partial charge in [-0.25, -0.2) is 0 Å². The van der Waals surface area contributed by atoms with Gasteiger partial charge < -0.3 is 10.2 Å². The minimum Gasteiger partial charge on any atom is -0.315 e. The van der Waals surface area contributed by atoms with Crippen LogP contribution in [-0.4, -0.2) is 37.6 Å². The van der Waals surface area contributed by atoms with E-state index >= 15 is 0 Å². The molecule has 1 saturated heterocycles. The molecule has 0 unspecified atom stereocenters. The Labute approximate surface area is 121 Å². The number of likely N-dealkylation sites (tertiary alicyclic amines) is 1. The molecule has 0 aromatic carbocycles. The van der Waals surface area contributed by atoms with Crippen LogP contribution in [0.3, 0.4) is 0 Å². The molecule has 114 valence electrons. The van der Waals surface area contributed by atoms with Crippen LogP contribution >= 0.6 is 0 Å². The summed E-state index contributed by atoms with van der Waals surface area (Å²) < 4.78 is 0. The second-order valence-corrected chi connectivity index (χ2v) is 7.29. The highest BCUT2D eigenvalue weighted by Crippen LogP contribution is 2.33. The number of hydrogen-bond donors (Lipinski definition) is 1. The molecule has 1 aliphatic heterocycles. The van der Waals surface area contributed by atoms with Gasteiger partial charge in [-0.15, -0.1) is 0 Å². The Morgan fingerprint density at radius 1 is 1.00 bits per heavy atom. The Morgan fingerprint density at radius 3 is 2.26 bits per heavy atom. The Bertz CT molecular complexity index is 212. The van der Waals surface area contributed by atoms with E-state index in [4.69, 9.17) is 0 Å². The molecule has 0 aliphatic carbocycles. The van der Waals surface area contributed by atoms with Crippen molar-refractivity contribution in [2.45, 2.75) is 66.2 Å². The first kappa shape index (κ1) is 17.0. The fourth-order valence-electron chi connectivity index (χ4n) is 3.06. The molecule has 1 heterocycles. The minimum atomic E-state index is 0.504. The van der Waals surface area contributed by atoms with Crippen LogP contribution in [0.4, 0.5) is 0 Å². The molecule has 0 spiro atoms. The summed E-state index contributed by atoms with van der Waals surface area (Å²) in [5.41, 5.74) is 0.504. The summed E-state index contributed by atoms with van der Waals surface area (Å²) in [7, 11) is 0. The van der Waals surface area contributed by atoms with Gasteiger partial charge in [0, 0.05) is 13.1 Å². The molecule has 2 nitrogen and oxygen atoms in total. The van der Waals surface area contributed by atoms with Gasteiger partial charge in [-0.2, -0.15) is 0 Å². The van der Waals surface area contributed by atoms with E-state index in [0.717, 1.165) is 5.92 Å². The maximum atomic E-state index is 3.59. The van der Waals surface area contributed by atoms with E-state index in [-0.39, 0.29) is 0 Å². The molecule has 1 N–H and O–H groups in total. The summed E-state index contributed by atoms with van der Waals surface area (Å²) >= 11 is 0. The Morgan fingerprint density at radius 2 is 1.68 bits per heavy atom. The number of nitrogens with zero attached hydrogens (tertiary/aromatic N) is 1. The third-order valence-electron chi connectivity index (χ3n) is 4.62. The van der Waals surface area contributed by atoms with Crippen molar-refractivity contribution in [2.24, 2.45) is 11.3 Å². The number of rotatable bonds is 8. The molecule has 19 heavy (non-hydrogen) atoms. The average Bonchev–Trinajstić information content (AvgIpc) is 2.37. The maximum absolute atomic E-state index is 3.59. The van der Waals surface area contributed by atoms with Crippen LogP contribution in [0.1, 0.15) is 66.2 Å². The average molecular weight is 268 g/mol. The van der Waals surface area contributed by atoms with E-state index in [0.29, 0.717) is 5.41 Å². The molecular formula is C17H36N2. The summed E-state index contributed by atoms with van der Waals surface area (Å²) in [6.45, 7) is 15.7. The first-order valence-electron chi connectivity index (χ1n) is 8.47. The normalized spacial score (nSPS) is 18.9. The summed E-state index contributed by atoms with van der Waals surface area (Å²) in [6.07, 6.45) is 8.24. The topological polar surface area (TPSA) is 15.3 Å².